The number of nitrogens with zero attached hydrogens (tertiary/aromatic N) is 2. The van der Waals surface area contributed by atoms with Gasteiger partial charge in [0.25, 0.3) is 6.33 Å². The maximum Gasteiger partial charge on any atom is 0.254 e. The fourth-order valence-corrected chi connectivity index (χ4v) is 3.90. The lowest BCUT2D eigenvalue weighted by molar-refractivity contribution is -0.595. The zero-order valence-electron chi connectivity index (χ0n) is 19.4. The molecule has 0 saturated heterocycles. The molecule has 2 aromatic carbocycles. The molecule has 0 N–H and O–H groups in total. The van der Waals surface area contributed by atoms with Crippen LogP contribution >= 0.6 is 0 Å². The number of aromatic nitrogens is 2. The summed E-state index contributed by atoms with van der Waals surface area (Å²) in [6, 6.07) is 13.9. The summed E-state index contributed by atoms with van der Waals surface area (Å²) in [6.07, 6.45) is 6.62. The van der Waals surface area contributed by atoms with Crippen molar-refractivity contribution in [3.05, 3.63) is 77.4 Å². The second-order valence-corrected chi connectivity index (χ2v) is 9.48. The molecule has 0 amide bonds. The van der Waals surface area contributed by atoms with Crippen LogP contribution in [0.5, 0.6) is 0 Å². The standard InChI is InChI=1S/C27H37N2/c1-18(2)22-9-11-24(20(5)6)26(15-22)28-13-14-29(17-28)27-16-23(19(3)4)10-12-25(27)21(7)8/h9-21H,1-8H3/q+1. The van der Waals surface area contributed by atoms with Crippen molar-refractivity contribution in [2.24, 2.45) is 0 Å². The van der Waals surface area contributed by atoms with Gasteiger partial charge in [0.15, 0.2) is 0 Å². The lowest BCUT2D eigenvalue weighted by atomic mass is 9.95. The highest BCUT2D eigenvalue weighted by atomic mass is 15.1. The Morgan fingerprint density at radius 1 is 0.655 bits per heavy atom. The summed E-state index contributed by atoms with van der Waals surface area (Å²) < 4.78 is 4.57. The van der Waals surface area contributed by atoms with E-state index in [9.17, 15) is 0 Å². The van der Waals surface area contributed by atoms with Gasteiger partial charge in [-0.05, 0) is 46.9 Å². The molecule has 3 aromatic rings. The van der Waals surface area contributed by atoms with Gasteiger partial charge in [0.2, 0.25) is 0 Å². The first kappa shape index (κ1) is 21.4. The highest BCUT2D eigenvalue weighted by Crippen LogP contribution is 2.28. The zero-order valence-corrected chi connectivity index (χ0v) is 19.4. The van der Waals surface area contributed by atoms with Crippen LogP contribution in [0.15, 0.2) is 55.1 Å². The average Bonchev–Trinajstić information content (AvgIpc) is 3.16. The third-order valence-corrected chi connectivity index (χ3v) is 5.88. The molecule has 154 valence electrons. The molecule has 0 unspecified atom stereocenters. The molecule has 0 atom stereocenters. The van der Waals surface area contributed by atoms with Crippen LogP contribution in [-0.4, -0.2) is 4.57 Å². The fraction of sp³-hybridized carbons (Fsp3) is 0.444. The Hall–Kier alpha value is -2.35. The number of hydrogen-bond acceptors (Lipinski definition) is 0. The van der Waals surface area contributed by atoms with Crippen molar-refractivity contribution < 1.29 is 4.57 Å². The van der Waals surface area contributed by atoms with Crippen LogP contribution in [0, 0.1) is 0 Å². The van der Waals surface area contributed by atoms with Crippen LogP contribution in [0.3, 0.4) is 0 Å². The molecule has 2 nitrogen and oxygen atoms in total. The Kier molecular flexibility index (Phi) is 6.31. The predicted octanol–water partition coefficient (Wildman–Crippen LogP) is 7.25. The number of imidazole rings is 1. The first-order chi connectivity index (χ1) is 13.7. The van der Waals surface area contributed by atoms with Crippen LogP contribution in [-0.2, 0) is 0 Å². The average molecular weight is 390 g/mol. The van der Waals surface area contributed by atoms with Crippen molar-refractivity contribution in [3.8, 4) is 11.4 Å². The van der Waals surface area contributed by atoms with Crippen LogP contribution in [0.25, 0.3) is 11.4 Å². The molecule has 3 rings (SSSR count). The summed E-state index contributed by atoms with van der Waals surface area (Å²) in [5.74, 6) is 2.01. The van der Waals surface area contributed by atoms with Crippen molar-refractivity contribution in [3.63, 3.8) is 0 Å². The molecule has 1 heterocycles. The molecule has 0 saturated carbocycles. The van der Waals surface area contributed by atoms with E-state index in [1.807, 2.05) is 0 Å². The van der Waals surface area contributed by atoms with E-state index in [-0.39, 0.29) is 0 Å². The molecule has 0 bridgehead atoms. The Morgan fingerprint density at radius 3 is 1.76 bits per heavy atom. The van der Waals surface area contributed by atoms with Crippen LogP contribution in [0.2, 0.25) is 0 Å². The smallest absolute Gasteiger partial charge is 0.202 e. The van der Waals surface area contributed by atoms with E-state index in [4.69, 9.17) is 0 Å². The maximum absolute atomic E-state index is 2.36. The second kappa shape index (κ2) is 8.57. The third kappa shape index (κ3) is 4.47. The molecular formula is C27H37N2+. The van der Waals surface area contributed by atoms with Crippen molar-refractivity contribution in [1.82, 2.24) is 4.57 Å². The fourth-order valence-electron chi connectivity index (χ4n) is 3.90. The quantitative estimate of drug-likeness (QED) is 0.393. The Labute approximate surface area is 177 Å². The second-order valence-electron chi connectivity index (χ2n) is 9.48. The predicted molar refractivity (Wildman–Crippen MR) is 124 cm³/mol. The van der Waals surface area contributed by atoms with E-state index < -0.39 is 0 Å². The van der Waals surface area contributed by atoms with E-state index in [0.717, 1.165) is 0 Å². The summed E-state index contributed by atoms with van der Waals surface area (Å²) >= 11 is 0. The van der Waals surface area contributed by atoms with Crippen LogP contribution in [0.4, 0.5) is 0 Å². The maximum atomic E-state index is 2.36. The summed E-state index contributed by atoms with van der Waals surface area (Å²) in [7, 11) is 0. The number of hydrogen-bond donors (Lipinski definition) is 0. The molecule has 1 aromatic heterocycles. The van der Waals surface area contributed by atoms with Gasteiger partial charge in [0, 0.05) is 11.1 Å². The SMILES string of the molecule is CC(C)c1ccc(C(C)C)c(-n2cc[n+](-c3cc(C(C)C)ccc3C(C)C)c2)c1. The van der Waals surface area contributed by atoms with Crippen LogP contribution in [0.1, 0.15) is 101 Å². The van der Waals surface area contributed by atoms with Crippen molar-refractivity contribution in [2.75, 3.05) is 0 Å². The van der Waals surface area contributed by atoms with Gasteiger partial charge in [-0.3, -0.25) is 0 Å². The minimum atomic E-state index is 0.484. The summed E-state index contributed by atoms with van der Waals surface area (Å²) in [6.45, 7) is 18.1. The molecule has 2 heteroatoms. The number of rotatable bonds is 6. The molecule has 0 aliphatic rings. The summed E-state index contributed by atoms with van der Waals surface area (Å²) in [4.78, 5) is 0. The van der Waals surface area contributed by atoms with E-state index in [1.165, 1.54) is 33.6 Å². The lowest BCUT2D eigenvalue weighted by Crippen LogP contribution is -2.30. The first-order valence-electron chi connectivity index (χ1n) is 11.1. The highest BCUT2D eigenvalue weighted by molar-refractivity contribution is 5.47. The zero-order chi connectivity index (χ0) is 21.3. The van der Waals surface area contributed by atoms with Gasteiger partial charge >= 0.3 is 0 Å². The van der Waals surface area contributed by atoms with Gasteiger partial charge in [-0.25, -0.2) is 9.13 Å². The summed E-state index contributed by atoms with van der Waals surface area (Å²) in [5.41, 5.74) is 8.12. The topological polar surface area (TPSA) is 8.81 Å². The molecule has 0 fully saturated rings. The van der Waals surface area contributed by atoms with Gasteiger partial charge in [0.05, 0.1) is 0 Å². The minimum absolute atomic E-state index is 0.484. The van der Waals surface area contributed by atoms with Crippen LogP contribution < -0.4 is 4.57 Å². The van der Waals surface area contributed by atoms with Gasteiger partial charge in [-0.2, -0.15) is 0 Å². The Morgan fingerprint density at radius 2 is 1.21 bits per heavy atom. The van der Waals surface area contributed by atoms with E-state index >= 15 is 0 Å². The monoisotopic (exact) mass is 389 g/mol. The molecule has 0 spiro atoms. The van der Waals surface area contributed by atoms with E-state index in [2.05, 4.69) is 120 Å². The Bertz CT molecular complexity index is 896. The first-order valence-corrected chi connectivity index (χ1v) is 11.1. The molecule has 0 radical (unpaired) electrons. The van der Waals surface area contributed by atoms with E-state index in [0.29, 0.717) is 23.7 Å². The highest BCUT2D eigenvalue weighted by Gasteiger charge is 2.19. The molecule has 0 aliphatic heterocycles. The van der Waals surface area contributed by atoms with Crippen molar-refractivity contribution in [2.45, 2.75) is 79.1 Å². The molecule has 29 heavy (non-hydrogen) atoms. The van der Waals surface area contributed by atoms with Gasteiger partial charge < -0.3 is 0 Å². The largest absolute Gasteiger partial charge is 0.254 e. The summed E-state index contributed by atoms with van der Waals surface area (Å²) in [5, 5.41) is 0. The van der Waals surface area contributed by atoms with Gasteiger partial charge in [-0.15, -0.1) is 0 Å². The normalized spacial score (nSPS) is 12.0. The van der Waals surface area contributed by atoms with Crippen molar-refractivity contribution >= 4 is 0 Å². The molecular weight excluding hydrogens is 352 g/mol. The Balaban J connectivity index is 2.13. The minimum Gasteiger partial charge on any atom is -0.202 e. The molecule has 0 aliphatic carbocycles. The third-order valence-electron chi connectivity index (χ3n) is 5.88. The lowest BCUT2D eigenvalue weighted by Gasteiger charge is -2.14. The van der Waals surface area contributed by atoms with E-state index in [1.54, 1.807) is 0 Å². The van der Waals surface area contributed by atoms with Gasteiger partial charge in [0.1, 0.15) is 23.8 Å². The number of benzene rings is 2. The van der Waals surface area contributed by atoms with Crippen molar-refractivity contribution in [1.29, 1.82) is 0 Å². The van der Waals surface area contributed by atoms with Gasteiger partial charge in [-0.1, -0.05) is 79.7 Å².